The fraction of sp³-hybridized carbons (Fsp3) is 0.750. The summed E-state index contributed by atoms with van der Waals surface area (Å²) in [7, 11) is 0. The van der Waals surface area contributed by atoms with E-state index < -0.39 is 18.4 Å². The van der Waals surface area contributed by atoms with Crippen LogP contribution in [0.1, 0.15) is 45.4 Å². The van der Waals surface area contributed by atoms with Crippen molar-refractivity contribution in [1.82, 2.24) is 20.0 Å². The molecule has 3 aliphatic heterocycles. The van der Waals surface area contributed by atoms with Crippen LogP contribution in [0.5, 0.6) is 0 Å². The number of fused-ring (bicyclic) bond motifs is 2. The summed E-state index contributed by atoms with van der Waals surface area (Å²) >= 11 is 0. The normalized spacial score (nSPS) is 35.7. The molecule has 2 aliphatic carbocycles. The van der Waals surface area contributed by atoms with Gasteiger partial charge in [0.2, 0.25) is 5.91 Å². The summed E-state index contributed by atoms with van der Waals surface area (Å²) in [6, 6.07) is 0.179. The van der Waals surface area contributed by atoms with Crippen molar-refractivity contribution < 1.29 is 29.0 Å². The van der Waals surface area contributed by atoms with E-state index in [1.165, 1.54) is 0 Å². The van der Waals surface area contributed by atoms with Crippen molar-refractivity contribution in [2.24, 2.45) is 5.92 Å². The van der Waals surface area contributed by atoms with Crippen molar-refractivity contribution in [1.29, 1.82) is 0 Å². The summed E-state index contributed by atoms with van der Waals surface area (Å²) in [5.74, 6) is -2.18. The summed E-state index contributed by atoms with van der Waals surface area (Å²) < 4.78 is 6.77. The van der Waals surface area contributed by atoms with E-state index in [0.29, 0.717) is 19.5 Å². The van der Waals surface area contributed by atoms with Gasteiger partial charge in [0.1, 0.15) is 6.54 Å². The minimum atomic E-state index is -1.14. The highest BCUT2D eigenvalue weighted by Crippen LogP contribution is 2.46. The molecule has 2 amide bonds. The molecule has 0 bridgehead atoms. The van der Waals surface area contributed by atoms with Crippen molar-refractivity contribution >= 4 is 23.6 Å². The van der Waals surface area contributed by atoms with Crippen LogP contribution in [-0.4, -0.2) is 106 Å². The maximum Gasteiger partial charge on any atom is 0.322 e. The quantitative estimate of drug-likeness (QED) is 0.546. The van der Waals surface area contributed by atoms with Crippen LogP contribution < -0.4 is 5.32 Å². The third-order valence-electron chi connectivity index (χ3n) is 8.38. The fourth-order valence-electron chi connectivity index (χ4n) is 6.75. The molecular formula is C24H34N4O6. The summed E-state index contributed by atoms with van der Waals surface area (Å²) in [4.78, 5) is 55.4. The zero-order valence-corrected chi connectivity index (χ0v) is 19.6. The second-order valence-corrected chi connectivity index (χ2v) is 10.2. The largest absolute Gasteiger partial charge is 0.480 e. The zero-order chi connectivity index (χ0) is 24.0. The summed E-state index contributed by atoms with van der Waals surface area (Å²) in [5.41, 5.74) is 0.0704. The molecule has 6 atom stereocenters. The van der Waals surface area contributed by atoms with Crippen LogP contribution in [0.4, 0.5) is 0 Å². The van der Waals surface area contributed by atoms with Crippen LogP contribution in [0, 0.1) is 5.92 Å². The van der Waals surface area contributed by atoms with Gasteiger partial charge in [0.15, 0.2) is 5.78 Å². The van der Waals surface area contributed by atoms with Gasteiger partial charge in [-0.2, -0.15) is 0 Å². The van der Waals surface area contributed by atoms with Gasteiger partial charge in [0.25, 0.3) is 5.91 Å². The number of Topliss-reactive ketones (excluding diaryl/α,β-unsaturated/α-hetero) is 1. The van der Waals surface area contributed by atoms with E-state index in [2.05, 4.69) is 15.1 Å². The van der Waals surface area contributed by atoms with E-state index in [-0.39, 0.29) is 53.5 Å². The van der Waals surface area contributed by atoms with Crippen molar-refractivity contribution in [2.75, 3.05) is 32.7 Å². The van der Waals surface area contributed by atoms with Crippen LogP contribution >= 0.6 is 0 Å². The topological polar surface area (TPSA) is 119 Å². The Bertz CT molecular complexity index is 898. The van der Waals surface area contributed by atoms with E-state index >= 15 is 0 Å². The summed E-state index contributed by atoms with van der Waals surface area (Å²) in [6.45, 7) is 4.09. The van der Waals surface area contributed by atoms with Crippen molar-refractivity contribution in [3.63, 3.8) is 0 Å². The van der Waals surface area contributed by atoms with Crippen LogP contribution in [0.25, 0.3) is 0 Å². The number of ketones is 1. The average molecular weight is 475 g/mol. The Kier molecular flexibility index (Phi) is 6.37. The van der Waals surface area contributed by atoms with Gasteiger partial charge in [-0.1, -0.05) is 12.8 Å². The van der Waals surface area contributed by atoms with Gasteiger partial charge in [0, 0.05) is 51.3 Å². The Morgan fingerprint density at radius 1 is 1.06 bits per heavy atom. The number of amides is 2. The number of hydrogen-bond donors (Lipinski definition) is 2. The minimum Gasteiger partial charge on any atom is -0.480 e. The van der Waals surface area contributed by atoms with Crippen molar-refractivity contribution in [2.45, 2.75) is 75.8 Å². The molecule has 2 saturated carbocycles. The predicted octanol–water partition coefficient (Wildman–Crippen LogP) is -0.0229. The first-order valence-electron chi connectivity index (χ1n) is 12.5. The number of ether oxygens (including phenoxy) is 1. The zero-order valence-electron chi connectivity index (χ0n) is 19.6. The molecule has 0 aromatic rings. The fourth-order valence-corrected chi connectivity index (χ4v) is 6.75. The summed E-state index contributed by atoms with van der Waals surface area (Å²) in [5, 5.41) is 11.3. The molecule has 5 aliphatic rings. The minimum absolute atomic E-state index is 0.0579. The molecule has 0 spiro atoms. The highest BCUT2D eigenvalue weighted by Gasteiger charge is 2.56. The number of carboxylic acids is 1. The maximum absolute atomic E-state index is 13.4. The van der Waals surface area contributed by atoms with Gasteiger partial charge in [-0.3, -0.25) is 24.1 Å². The van der Waals surface area contributed by atoms with Gasteiger partial charge in [-0.15, -0.1) is 0 Å². The number of rotatable bonds is 4. The molecule has 6 unspecified atom stereocenters. The van der Waals surface area contributed by atoms with E-state index in [1.807, 2.05) is 4.90 Å². The molecular weight excluding hydrogens is 440 g/mol. The molecule has 2 saturated heterocycles. The molecule has 0 aromatic heterocycles. The molecule has 5 rings (SSSR count). The second kappa shape index (κ2) is 9.30. The number of nitrogens with one attached hydrogen (secondary N) is 1. The molecule has 0 radical (unpaired) electrons. The van der Waals surface area contributed by atoms with Gasteiger partial charge in [-0.25, -0.2) is 0 Å². The number of hydrogen-bond acceptors (Lipinski definition) is 7. The molecule has 3 heterocycles. The number of carbonyl (C=O) groups excluding carboxylic acids is 3. The van der Waals surface area contributed by atoms with Crippen LogP contribution in [0.3, 0.4) is 0 Å². The highest BCUT2D eigenvalue weighted by atomic mass is 16.5. The molecule has 10 nitrogen and oxygen atoms in total. The Morgan fingerprint density at radius 2 is 1.79 bits per heavy atom. The Hall–Kier alpha value is -2.46. The Balaban J connectivity index is 1.42. The molecule has 0 aromatic carbocycles. The molecule has 2 N–H and O–H groups in total. The van der Waals surface area contributed by atoms with Gasteiger partial charge < -0.3 is 25.0 Å². The molecule has 186 valence electrons. The molecule has 4 fully saturated rings. The van der Waals surface area contributed by atoms with E-state index in [0.717, 1.165) is 45.2 Å². The van der Waals surface area contributed by atoms with Crippen molar-refractivity contribution in [3.8, 4) is 0 Å². The number of nitrogens with zero attached hydrogens (tertiary/aromatic N) is 3. The van der Waals surface area contributed by atoms with E-state index in [9.17, 15) is 19.2 Å². The van der Waals surface area contributed by atoms with Crippen LogP contribution in [0.2, 0.25) is 0 Å². The summed E-state index contributed by atoms with van der Waals surface area (Å²) in [6.07, 6.45) is 7.20. The van der Waals surface area contributed by atoms with Gasteiger partial charge in [-0.05, 0) is 25.7 Å². The van der Waals surface area contributed by atoms with E-state index in [4.69, 9.17) is 9.84 Å². The third-order valence-corrected chi connectivity index (χ3v) is 8.38. The van der Waals surface area contributed by atoms with Crippen molar-refractivity contribution in [3.05, 3.63) is 11.8 Å². The second-order valence-electron chi connectivity index (χ2n) is 10.2. The smallest absolute Gasteiger partial charge is 0.322 e. The highest BCUT2D eigenvalue weighted by molar-refractivity contribution is 6.21. The SMILES string of the molecule is CC(=O)N1CCN(C2CCC3C(=O)C(C(=O)NCC(=O)O)=CN4C5CCCCC5OC2C34)CC1. The van der Waals surface area contributed by atoms with Crippen LogP contribution in [0.15, 0.2) is 11.8 Å². The van der Waals surface area contributed by atoms with E-state index in [1.54, 1.807) is 13.1 Å². The lowest BCUT2D eigenvalue weighted by Gasteiger charge is -2.60. The first kappa shape index (κ1) is 23.3. The first-order chi connectivity index (χ1) is 16.3. The van der Waals surface area contributed by atoms with Gasteiger partial charge in [0.05, 0.1) is 29.9 Å². The van der Waals surface area contributed by atoms with Gasteiger partial charge >= 0.3 is 5.97 Å². The number of morpholine rings is 1. The number of carboxylic acid groups (broad SMARTS) is 1. The molecule has 34 heavy (non-hydrogen) atoms. The average Bonchev–Trinajstić information content (AvgIpc) is 2.84. The molecule has 10 heteroatoms. The lowest BCUT2D eigenvalue weighted by atomic mass is 9.70. The standard InChI is InChI=1S/C24H34N4O6/c1-14(29)26-8-10-27(11-9-26)18-7-6-15-21-23(18)34-19-5-3-2-4-17(19)28(21)13-16(22(15)32)24(33)25-12-20(30)31/h13,15,17-19,21,23H,2-12H2,1H3,(H,25,33)(H,30,31). The first-order valence-corrected chi connectivity index (χ1v) is 12.5. The Labute approximate surface area is 199 Å². The monoisotopic (exact) mass is 474 g/mol. The van der Waals surface area contributed by atoms with Crippen LogP contribution in [-0.2, 0) is 23.9 Å². The number of carbonyl (C=O) groups is 4. The third kappa shape index (κ3) is 4.11. The maximum atomic E-state index is 13.4. The number of piperazine rings is 1. The number of aliphatic carboxylic acids is 1. The lowest BCUT2D eigenvalue weighted by Crippen LogP contribution is -2.71. The predicted molar refractivity (Wildman–Crippen MR) is 121 cm³/mol. The Morgan fingerprint density at radius 3 is 2.50 bits per heavy atom. The lowest BCUT2D eigenvalue weighted by molar-refractivity contribution is -0.202.